The molecule has 5 nitrogen and oxygen atoms in total. The highest BCUT2D eigenvalue weighted by Gasteiger charge is 2.19. The van der Waals surface area contributed by atoms with Crippen LogP contribution in [0, 0.1) is 0 Å². The number of aliphatic imine (C=N–C) groups is 1. The maximum absolute atomic E-state index is 12.7. The van der Waals surface area contributed by atoms with Gasteiger partial charge in [0, 0.05) is 28.5 Å². The zero-order valence-corrected chi connectivity index (χ0v) is 18.6. The van der Waals surface area contributed by atoms with Crippen LogP contribution in [0.15, 0.2) is 102 Å². The molecular weight excluding hydrogens is 412 g/mol. The van der Waals surface area contributed by atoms with Crippen molar-refractivity contribution in [2.45, 2.75) is 6.92 Å². The molecule has 0 N–H and O–H groups in total. The van der Waals surface area contributed by atoms with Crippen molar-refractivity contribution in [2.24, 2.45) is 4.99 Å². The lowest BCUT2D eigenvalue weighted by Crippen LogP contribution is -2.08. The Labute approximate surface area is 193 Å². The molecule has 0 aliphatic heterocycles. The van der Waals surface area contributed by atoms with Crippen molar-refractivity contribution < 1.29 is 14.3 Å². The van der Waals surface area contributed by atoms with E-state index in [0.717, 1.165) is 22.4 Å². The third kappa shape index (κ3) is 4.99. The summed E-state index contributed by atoms with van der Waals surface area (Å²) < 4.78 is 10.8. The van der Waals surface area contributed by atoms with Gasteiger partial charge >= 0.3 is 5.97 Å². The highest BCUT2D eigenvalue weighted by Crippen LogP contribution is 2.34. The first kappa shape index (κ1) is 22.0. The van der Waals surface area contributed by atoms with Crippen LogP contribution in [0.1, 0.15) is 28.4 Å². The number of para-hydroxylation sites is 1. The zero-order valence-electron chi connectivity index (χ0n) is 18.6. The Balaban J connectivity index is 1.90. The third-order valence-electron chi connectivity index (χ3n) is 5.10. The van der Waals surface area contributed by atoms with E-state index in [-0.39, 0.29) is 6.61 Å². The van der Waals surface area contributed by atoms with Crippen LogP contribution in [0.4, 0.5) is 5.82 Å². The Morgan fingerprint density at radius 2 is 1.45 bits per heavy atom. The Morgan fingerprint density at radius 3 is 2.06 bits per heavy atom. The van der Waals surface area contributed by atoms with E-state index in [1.807, 2.05) is 84.9 Å². The molecule has 4 aromatic rings. The lowest BCUT2D eigenvalue weighted by atomic mass is 10.00. The van der Waals surface area contributed by atoms with Crippen LogP contribution in [0.3, 0.4) is 0 Å². The molecule has 0 aliphatic rings. The number of hydrogen-bond donors (Lipinski definition) is 0. The molecule has 0 saturated heterocycles. The molecule has 3 aromatic carbocycles. The van der Waals surface area contributed by atoms with Gasteiger partial charge in [-0.05, 0) is 19.1 Å². The Kier molecular flexibility index (Phi) is 6.90. The minimum Gasteiger partial charge on any atom is -0.496 e. The van der Waals surface area contributed by atoms with E-state index in [0.29, 0.717) is 22.7 Å². The number of pyridine rings is 1. The van der Waals surface area contributed by atoms with E-state index in [4.69, 9.17) is 14.5 Å². The van der Waals surface area contributed by atoms with Gasteiger partial charge in [0.1, 0.15) is 5.75 Å². The van der Waals surface area contributed by atoms with Crippen molar-refractivity contribution in [3.63, 3.8) is 0 Å². The molecular formula is C28H24N2O3. The topological polar surface area (TPSA) is 60.8 Å². The first-order valence-corrected chi connectivity index (χ1v) is 10.7. The maximum Gasteiger partial charge on any atom is 0.340 e. The van der Waals surface area contributed by atoms with E-state index >= 15 is 0 Å². The molecule has 0 unspecified atom stereocenters. The van der Waals surface area contributed by atoms with Crippen LogP contribution in [0.25, 0.3) is 11.1 Å². The van der Waals surface area contributed by atoms with Crippen molar-refractivity contribution in [3.8, 4) is 16.9 Å². The number of nitrogens with zero attached hydrogens (tertiary/aromatic N) is 2. The summed E-state index contributed by atoms with van der Waals surface area (Å²) in [5, 5.41) is 0. The molecule has 5 heteroatoms. The Hall–Kier alpha value is -4.25. The van der Waals surface area contributed by atoms with Gasteiger partial charge in [-0.1, -0.05) is 78.9 Å². The van der Waals surface area contributed by atoms with Crippen LogP contribution in [0.5, 0.6) is 5.75 Å². The number of benzene rings is 3. The van der Waals surface area contributed by atoms with E-state index < -0.39 is 5.97 Å². The van der Waals surface area contributed by atoms with Gasteiger partial charge in [-0.25, -0.2) is 14.8 Å². The van der Waals surface area contributed by atoms with Crippen LogP contribution in [-0.4, -0.2) is 30.4 Å². The van der Waals surface area contributed by atoms with Crippen molar-refractivity contribution in [3.05, 3.63) is 114 Å². The van der Waals surface area contributed by atoms with Crippen LogP contribution < -0.4 is 4.74 Å². The lowest BCUT2D eigenvalue weighted by Gasteiger charge is -2.13. The highest BCUT2D eigenvalue weighted by atomic mass is 16.5. The molecule has 0 saturated carbocycles. The Morgan fingerprint density at radius 1 is 0.848 bits per heavy atom. The second-order valence-electron chi connectivity index (χ2n) is 7.20. The molecule has 0 amide bonds. The maximum atomic E-state index is 12.7. The van der Waals surface area contributed by atoms with Gasteiger partial charge in [-0.3, -0.25) is 0 Å². The van der Waals surface area contributed by atoms with Gasteiger partial charge in [-0.15, -0.1) is 0 Å². The minimum atomic E-state index is -0.437. The molecule has 1 heterocycles. The van der Waals surface area contributed by atoms with Gasteiger partial charge < -0.3 is 9.47 Å². The van der Waals surface area contributed by atoms with Crippen LogP contribution in [-0.2, 0) is 4.74 Å². The Bertz CT molecular complexity index is 1230. The molecule has 164 valence electrons. The predicted molar refractivity (Wildman–Crippen MR) is 130 cm³/mol. The number of ether oxygens (including phenoxy) is 2. The first-order chi connectivity index (χ1) is 16.2. The van der Waals surface area contributed by atoms with Gasteiger partial charge in [0.25, 0.3) is 0 Å². The second-order valence-corrected chi connectivity index (χ2v) is 7.20. The number of methoxy groups -OCH3 is 1. The number of carbonyl (C=O) groups is 1. The molecule has 1 aromatic heterocycles. The van der Waals surface area contributed by atoms with E-state index in [2.05, 4.69) is 4.98 Å². The van der Waals surface area contributed by atoms with Crippen molar-refractivity contribution in [1.29, 1.82) is 0 Å². The normalized spacial score (nSPS) is 10.4. The molecule has 0 radical (unpaired) electrons. The summed E-state index contributed by atoms with van der Waals surface area (Å²) >= 11 is 0. The molecule has 4 rings (SSSR count). The van der Waals surface area contributed by atoms with Crippen LogP contribution >= 0.6 is 0 Å². The molecule has 0 fully saturated rings. The lowest BCUT2D eigenvalue weighted by molar-refractivity contribution is 0.0527. The first-order valence-electron chi connectivity index (χ1n) is 10.7. The summed E-state index contributed by atoms with van der Waals surface area (Å²) in [6.45, 7) is 2.05. The highest BCUT2D eigenvalue weighted by molar-refractivity contribution is 6.14. The number of aromatic nitrogens is 1. The molecule has 0 atom stereocenters. The smallest absolute Gasteiger partial charge is 0.340 e. The average Bonchev–Trinajstić information content (AvgIpc) is 2.88. The van der Waals surface area contributed by atoms with Crippen molar-refractivity contribution >= 4 is 17.5 Å². The number of esters is 1. The predicted octanol–water partition coefficient (Wildman–Crippen LogP) is 6.10. The second kappa shape index (κ2) is 10.4. The van der Waals surface area contributed by atoms with Crippen molar-refractivity contribution in [2.75, 3.05) is 13.7 Å². The molecule has 33 heavy (non-hydrogen) atoms. The number of rotatable bonds is 7. The van der Waals surface area contributed by atoms with Gasteiger partial charge in [0.05, 0.1) is 25.0 Å². The fourth-order valence-corrected chi connectivity index (χ4v) is 3.57. The number of carbonyl (C=O) groups excluding carboxylic acids is 1. The van der Waals surface area contributed by atoms with Crippen molar-refractivity contribution in [1.82, 2.24) is 4.98 Å². The quantitative estimate of drug-likeness (QED) is 0.259. The summed E-state index contributed by atoms with van der Waals surface area (Å²) in [4.78, 5) is 22.1. The monoisotopic (exact) mass is 436 g/mol. The zero-order chi connectivity index (χ0) is 23.0. The van der Waals surface area contributed by atoms with E-state index in [1.165, 1.54) is 6.20 Å². The third-order valence-corrected chi connectivity index (χ3v) is 5.10. The van der Waals surface area contributed by atoms with Gasteiger partial charge in [-0.2, -0.15) is 0 Å². The molecule has 0 aliphatic carbocycles. The number of hydrogen-bond acceptors (Lipinski definition) is 5. The van der Waals surface area contributed by atoms with E-state index in [1.54, 1.807) is 20.1 Å². The fourth-order valence-electron chi connectivity index (χ4n) is 3.57. The average molecular weight is 437 g/mol. The molecule has 0 spiro atoms. The summed E-state index contributed by atoms with van der Waals surface area (Å²) in [6, 6.07) is 29.2. The molecule has 0 bridgehead atoms. The largest absolute Gasteiger partial charge is 0.496 e. The summed E-state index contributed by atoms with van der Waals surface area (Å²) in [7, 11) is 1.60. The summed E-state index contributed by atoms with van der Waals surface area (Å²) in [5.41, 5.74) is 4.51. The van der Waals surface area contributed by atoms with Gasteiger partial charge in [0.2, 0.25) is 0 Å². The minimum absolute atomic E-state index is 0.274. The van der Waals surface area contributed by atoms with Gasteiger partial charge in [0.15, 0.2) is 5.82 Å². The van der Waals surface area contributed by atoms with E-state index in [9.17, 15) is 4.79 Å². The SMILES string of the molecule is CCOC(=O)c1cnc(N=C(c2ccccc2)c2ccccc2)cc1-c1ccccc1OC. The summed E-state index contributed by atoms with van der Waals surface area (Å²) in [5.74, 6) is 0.690. The van der Waals surface area contributed by atoms with Crippen LogP contribution in [0.2, 0.25) is 0 Å². The standard InChI is InChI=1S/C28H24N2O3/c1-3-33-28(31)24-19-29-26(18-23(24)22-16-10-11-17-25(22)32-2)30-27(20-12-6-4-7-13-20)21-14-8-5-9-15-21/h4-19H,3H2,1-2H3. The summed E-state index contributed by atoms with van der Waals surface area (Å²) in [6.07, 6.45) is 1.52. The fraction of sp³-hybridized carbons (Fsp3) is 0.107.